The third kappa shape index (κ3) is 2.77. The third-order valence-electron chi connectivity index (χ3n) is 2.66. The summed E-state index contributed by atoms with van der Waals surface area (Å²) in [5.41, 5.74) is 3.02. The molecule has 1 heterocycles. The molecule has 0 N–H and O–H groups in total. The molecule has 94 valence electrons. The Morgan fingerprint density at radius 1 is 1.28 bits per heavy atom. The monoisotopic (exact) mass is 244 g/mol. The number of aryl methyl sites for hydroxylation is 3. The normalized spacial score (nSPS) is 10.4. The van der Waals surface area contributed by atoms with Crippen LogP contribution in [0.5, 0.6) is 5.75 Å². The minimum atomic E-state index is -0.178. The van der Waals surface area contributed by atoms with Gasteiger partial charge in [0, 0.05) is 6.20 Å². The van der Waals surface area contributed by atoms with Crippen LogP contribution in [0, 0.1) is 20.8 Å². The molecule has 2 aromatic rings. The lowest BCUT2D eigenvalue weighted by Gasteiger charge is -2.08. The van der Waals surface area contributed by atoms with E-state index in [1.54, 1.807) is 12.3 Å². The van der Waals surface area contributed by atoms with Crippen LogP contribution in [0.25, 0.3) is 0 Å². The molecule has 0 saturated carbocycles. The summed E-state index contributed by atoms with van der Waals surface area (Å²) in [6.45, 7) is 5.82. The highest BCUT2D eigenvalue weighted by atomic mass is 16.5. The van der Waals surface area contributed by atoms with Gasteiger partial charge >= 0.3 is 0 Å². The van der Waals surface area contributed by atoms with E-state index in [0.717, 1.165) is 17.0 Å². The van der Waals surface area contributed by atoms with Crippen LogP contribution in [0.15, 0.2) is 30.5 Å². The standard InChI is InChI=1S/C14H16N2O2/c1-10-4-5-13(11(2)8-10)18-9-14(17)16-7-6-12(3)15-16/h4-8H,9H2,1-3H3. The number of hydrogen-bond acceptors (Lipinski definition) is 3. The minimum absolute atomic E-state index is 0.00891. The van der Waals surface area contributed by atoms with Crippen LogP contribution in [-0.4, -0.2) is 22.3 Å². The molecule has 0 atom stereocenters. The van der Waals surface area contributed by atoms with Gasteiger partial charge in [0.2, 0.25) is 0 Å². The Balaban J connectivity index is 2.01. The summed E-state index contributed by atoms with van der Waals surface area (Å²) in [5, 5.41) is 4.05. The van der Waals surface area contributed by atoms with Gasteiger partial charge < -0.3 is 4.74 Å². The number of ether oxygens (including phenoxy) is 1. The van der Waals surface area contributed by atoms with Crippen molar-refractivity contribution in [2.24, 2.45) is 0 Å². The summed E-state index contributed by atoms with van der Waals surface area (Å²) in [5.74, 6) is 0.556. The zero-order valence-corrected chi connectivity index (χ0v) is 10.8. The Kier molecular flexibility index (Phi) is 3.46. The zero-order valence-electron chi connectivity index (χ0n) is 10.8. The number of nitrogens with zero attached hydrogens (tertiary/aromatic N) is 2. The maximum Gasteiger partial charge on any atom is 0.284 e. The molecule has 4 heteroatoms. The van der Waals surface area contributed by atoms with Gasteiger partial charge in [0.15, 0.2) is 6.61 Å². The average Bonchev–Trinajstić information content (AvgIpc) is 2.74. The van der Waals surface area contributed by atoms with Gasteiger partial charge in [-0.2, -0.15) is 5.10 Å². The average molecular weight is 244 g/mol. The van der Waals surface area contributed by atoms with Crippen molar-refractivity contribution in [3.05, 3.63) is 47.3 Å². The third-order valence-corrected chi connectivity index (χ3v) is 2.66. The highest BCUT2D eigenvalue weighted by Crippen LogP contribution is 2.18. The molecular weight excluding hydrogens is 228 g/mol. The van der Waals surface area contributed by atoms with Gasteiger partial charge in [-0.3, -0.25) is 4.79 Å². The van der Waals surface area contributed by atoms with Crippen LogP contribution in [0.3, 0.4) is 0 Å². The smallest absolute Gasteiger partial charge is 0.284 e. The van der Waals surface area contributed by atoms with Crippen molar-refractivity contribution < 1.29 is 9.53 Å². The first-order valence-corrected chi connectivity index (χ1v) is 5.82. The van der Waals surface area contributed by atoms with Crippen LogP contribution in [0.4, 0.5) is 0 Å². The van der Waals surface area contributed by atoms with Crippen molar-refractivity contribution in [1.82, 2.24) is 9.78 Å². The lowest BCUT2D eigenvalue weighted by molar-refractivity contribution is 0.0820. The van der Waals surface area contributed by atoms with E-state index in [0.29, 0.717) is 0 Å². The molecule has 0 aliphatic heterocycles. The largest absolute Gasteiger partial charge is 0.483 e. The summed E-state index contributed by atoms with van der Waals surface area (Å²) in [6.07, 6.45) is 1.64. The highest BCUT2D eigenvalue weighted by molar-refractivity contribution is 5.79. The minimum Gasteiger partial charge on any atom is -0.483 e. The summed E-state index contributed by atoms with van der Waals surface area (Å²) in [6, 6.07) is 7.66. The lowest BCUT2D eigenvalue weighted by Crippen LogP contribution is -2.20. The Morgan fingerprint density at radius 3 is 2.67 bits per heavy atom. The Bertz CT molecular complexity index is 573. The van der Waals surface area contributed by atoms with E-state index in [2.05, 4.69) is 5.10 Å². The molecule has 0 aliphatic rings. The van der Waals surface area contributed by atoms with E-state index in [-0.39, 0.29) is 12.5 Å². The zero-order chi connectivity index (χ0) is 13.1. The van der Waals surface area contributed by atoms with Crippen LogP contribution < -0.4 is 4.74 Å². The van der Waals surface area contributed by atoms with Crippen LogP contribution in [0.2, 0.25) is 0 Å². The molecule has 0 bridgehead atoms. The van der Waals surface area contributed by atoms with Crippen molar-refractivity contribution in [3.63, 3.8) is 0 Å². The predicted octanol–water partition coefficient (Wildman–Crippen LogP) is 2.53. The molecule has 4 nitrogen and oxygen atoms in total. The van der Waals surface area contributed by atoms with Gasteiger partial charge in [0.1, 0.15) is 5.75 Å². The van der Waals surface area contributed by atoms with E-state index in [1.807, 2.05) is 39.0 Å². The molecule has 0 radical (unpaired) electrons. The Morgan fingerprint density at radius 2 is 2.06 bits per heavy atom. The van der Waals surface area contributed by atoms with Gasteiger partial charge in [-0.05, 0) is 38.5 Å². The van der Waals surface area contributed by atoms with E-state index in [1.165, 1.54) is 10.2 Å². The molecule has 0 aliphatic carbocycles. The quantitative estimate of drug-likeness (QED) is 0.833. The second-order valence-electron chi connectivity index (χ2n) is 4.35. The Labute approximate surface area is 106 Å². The number of aromatic nitrogens is 2. The molecule has 0 spiro atoms. The fourth-order valence-corrected chi connectivity index (χ4v) is 1.72. The molecule has 2 rings (SSSR count). The van der Waals surface area contributed by atoms with Crippen molar-refractivity contribution in [2.45, 2.75) is 20.8 Å². The predicted molar refractivity (Wildman–Crippen MR) is 69.0 cm³/mol. The molecule has 1 aromatic carbocycles. The topological polar surface area (TPSA) is 44.1 Å². The van der Waals surface area contributed by atoms with Gasteiger partial charge in [-0.1, -0.05) is 17.7 Å². The van der Waals surface area contributed by atoms with Gasteiger partial charge in [-0.15, -0.1) is 0 Å². The fraction of sp³-hybridized carbons (Fsp3) is 0.286. The molecule has 1 aromatic heterocycles. The molecule has 0 unspecified atom stereocenters. The Hall–Kier alpha value is -2.10. The first kappa shape index (κ1) is 12.4. The summed E-state index contributed by atoms with van der Waals surface area (Å²) < 4.78 is 6.81. The van der Waals surface area contributed by atoms with Crippen molar-refractivity contribution in [2.75, 3.05) is 6.61 Å². The maximum absolute atomic E-state index is 11.8. The molecule has 0 saturated heterocycles. The molecular formula is C14H16N2O2. The molecule has 0 amide bonds. The van der Waals surface area contributed by atoms with E-state index in [9.17, 15) is 4.79 Å². The number of hydrogen-bond donors (Lipinski definition) is 0. The SMILES string of the molecule is Cc1ccc(OCC(=O)n2ccc(C)n2)c(C)c1. The summed E-state index contributed by atoms with van der Waals surface area (Å²) in [7, 11) is 0. The number of carbonyl (C=O) groups is 1. The molecule has 18 heavy (non-hydrogen) atoms. The highest BCUT2D eigenvalue weighted by Gasteiger charge is 2.08. The number of rotatable bonds is 3. The van der Waals surface area contributed by atoms with Crippen molar-refractivity contribution in [1.29, 1.82) is 0 Å². The van der Waals surface area contributed by atoms with Crippen molar-refractivity contribution in [3.8, 4) is 5.75 Å². The lowest BCUT2D eigenvalue weighted by atomic mass is 10.1. The van der Waals surface area contributed by atoms with E-state index < -0.39 is 0 Å². The summed E-state index contributed by atoms with van der Waals surface area (Å²) >= 11 is 0. The van der Waals surface area contributed by atoms with Gasteiger partial charge in [-0.25, -0.2) is 4.68 Å². The second-order valence-corrected chi connectivity index (χ2v) is 4.35. The number of carbonyl (C=O) groups excluding carboxylic acids is 1. The molecule has 0 fully saturated rings. The van der Waals surface area contributed by atoms with Crippen LogP contribution in [0.1, 0.15) is 21.6 Å². The number of benzene rings is 1. The maximum atomic E-state index is 11.8. The van der Waals surface area contributed by atoms with Crippen molar-refractivity contribution >= 4 is 5.91 Å². The summed E-state index contributed by atoms with van der Waals surface area (Å²) in [4.78, 5) is 11.8. The van der Waals surface area contributed by atoms with E-state index in [4.69, 9.17) is 4.74 Å². The first-order chi connectivity index (χ1) is 8.56. The van der Waals surface area contributed by atoms with Gasteiger partial charge in [0.25, 0.3) is 5.91 Å². The van der Waals surface area contributed by atoms with Gasteiger partial charge in [0.05, 0.1) is 5.69 Å². The van der Waals surface area contributed by atoms with Crippen LogP contribution >= 0.6 is 0 Å². The van der Waals surface area contributed by atoms with E-state index >= 15 is 0 Å². The first-order valence-electron chi connectivity index (χ1n) is 5.82. The second kappa shape index (κ2) is 5.04. The van der Waals surface area contributed by atoms with Crippen LogP contribution in [-0.2, 0) is 0 Å². The fourth-order valence-electron chi connectivity index (χ4n) is 1.72.